The van der Waals surface area contributed by atoms with Crippen LogP contribution in [0.2, 0.25) is 0 Å². The molecule has 0 bridgehead atoms. The molecule has 1 rings (SSSR count). The largest absolute Gasteiger partial charge is 0.373 e. The van der Waals surface area contributed by atoms with Gasteiger partial charge in [-0.15, -0.1) is 0 Å². The third kappa shape index (κ3) is 3.10. The molecule has 0 aliphatic carbocycles. The second-order valence-electron chi connectivity index (χ2n) is 2.39. The molecule has 1 aromatic carbocycles. The van der Waals surface area contributed by atoms with Crippen LogP contribution in [-0.4, -0.2) is 4.05 Å². The van der Waals surface area contributed by atoms with Crippen molar-refractivity contribution in [3.05, 3.63) is 30.3 Å². The molecule has 0 amide bonds. The zero-order valence-corrected chi connectivity index (χ0v) is 8.71. The quantitative estimate of drug-likeness (QED) is 0.500. The Hall–Kier alpha value is -0.250. The Bertz CT molecular complexity index is 198. The molecular formula is C9H12IN. The van der Waals surface area contributed by atoms with Gasteiger partial charge < -0.3 is 5.32 Å². The smallest absolute Gasteiger partial charge is 0.0778 e. The van der Waals surface area contributed by atoms with Gasteiger partial charge in [0.05, 0.1) is 4.05 Å². The van der Waals surface area contributed by atoms with Gasteiger partial charge >= 0.3 is 0 Å². The van der Waals surface area contributed by atoms with Crippen molar-refractivity contribution in [2.75, 3.05) is 5.32 Å². The summed E-state index contributed by atoms with van der Waals surface area (Å²) in [6, 6.07) is 10.3. The van der Waals surface area contributed by atoms with Crippen LogP contribution in [0, 0.1) is 0 Å². The lowest BCUT2D eigenvalue weighted by atomic mass is 10.3. The number of alkyl halides is 1. The summed E-state index contributed by atoms with van der Waals surface area (Å²) in [6.07, 6.45) is 1.15. The Morgan fingerprint density at radius 3 is 2.55 bits per heavy atom. The number of hydrogen-bond donors (Lipinski definition) is 1. The first kappa shape index (κ1) is 8.84. The van der Waals surface area contributed by atoms with Gasteiger partial charge in [-0.1, -0.05) is 47.7 Å². The molecule has 0 aliphatic heterocycles. The Morgan fingerprint density at radius 1 is 1.36 bits per heavy atom. The van der Waals surface area contributed by atoms with Gasteiger partial charge in [-0.25, -0.2) is 0 Å². The molecule has 60 valence electrons. The van der Waals surface area contributed by atoms with Crippen LogP contribution < -0.4 is 5.32 Å². The van der Waals surface area contributed by atoms with Crippen LogP contribution in [0.15, 0.2) is 30.3 Å². The van der Waals surface area contributed by atoms with E-state index >= 15 is 0 Å². The minimum atomic E-state index is 0.537. The van der Waals surface area contributed by atoms with E-state index in [1.54, 1.807) is 0 Å². The third-order valence-corrected chi connectivity index (χ3v) is 2.65. The van der Waals surface area contributed by atoms with E-state index in [0.29, 0.717) is 4.05 Å². The molecule has 0 spiro atoms. The maximum absolute atomic E-state index is 3.38. The van der Waals surface area contributed by atoms with Crippen LogP contribution in [-0.2, 0) is 0 Å². The van der Waals surface area contributed by atoms with Crippen LogP contribution in [0.1, 0.15) is 13.3 Å². The van der Waals surface area contributed by atoms with E-state index in [0.717, 1.165) is 6.42 Å². The Morgan fingerprint density at radius 2 is 2.00 bits per heavy atom. The summed E-state index contributed by atoms with van der Waals surface area (Å²) in [4.78, 5) is 0. The lowest BCUT2D eigenvalue weighted by Crippen LogP contribution is -2.08. The van der Waals surface area contributed by atoms with E-state index in [1.165, 1.54) is 5.69 Å². The van der Waals surface area contributed by atoms with Gasteiger partial charge in [-0.3, -0.25) is 0 Å². The molecule has 1 nitrogen and oxygen atoms in total. The van der Waals surface area contributed by atoms with Crippen molar-refractivity contribution < 1.29 is 0 Å². The first-order valence-corrected chi connectivity index (χ1v) is 5.03. The monoisotopic (exact) mass is 261 g/mol. The standard InChI is InChI=1S/C9H12IN/c1-2-9(10)11-8-6-4-3-5-7-8/h3-7,9,11H,2H2,1H3. The number of anilines is 1. The molecule has 11 heavy (non-hydrogen) atoms. The molecule has 0 radical (unpaired) electrons. The average molecular weight is 261 g/mol. The van der Waals surface area contributed by atoms with E-state index in [9.17, 15) is 0 Å². The van der Waals surface area contributed by atoms with Gasteiger partial charge in [0.15, 0.2) is 0 Å². The number of halogens is 1. The van der Waals surface area contributed by atoms with E-state index in [2.05, 4.69) is 47.0 Å². The highest BCUT2D eigenvalue weighted by Crippen LogP contribution is 2.12. The molecule has 0 saturated carbocycles. The Kier molecular flexibility index (Phi) is 3.69. The van der Waals surface area contributed by atoms with Gasteiger partial charge in [0.2, 0.25) is 0 Å². The predicted molar refractivity (Wildman–Crippen MR) is 58.2 cm³/mol. The molecule has 1 unspecified atom stereocenters. The highest BCUT2D eigenvalue weighted by molar-refractivity contribution is 14.1. The fraction of sp³-hybridized carbons (Fsp3) is 0.333. The van der Waals surface area contributed by atoms with Crippen molar-refractivity contribution in [1.82, 2.24) is 0 Å². The number of rotatable bonds is 3. The minimum absolute atomic E-state index is 0.537. The molecule has 1 atom stereocenters. The molecule has 0 saturated heterocycles. The van der Waals surface area contributed by atoms with E-state index in [-0.39, 0.29) is 0 Å². The minimum Gasteiger partial charge on any atom is -0.373 e. The topological polar surface area (TPSA) is 12.0 Å². The zero-order chi connectivity index (χ0) is 8.10. The summed E-state index contributed by atoms with van der Waals surface area (Å²) >= 11 is 2.40. The first-order valence-electron chi connectivity index (χ1n) is 3.78. The second-order valence-corrected chi connectivity index (χ2v) is 3.89. The van der Waals surface area contributed by atoms with E-state index in [1.807, 2.05) is 18.2 Å². The second kappa shape index (κ2) is 4.59. The summed E-state index contributed by atoms with van der Waals surface area (Å²) in [5.41, 5.74) is 1.20. The lowest BCUT2D eigenvalue weighted by Gasteiger charge is -2.10. The number of benzene rings is 1. The van der Waals surface area contributed by atoms with Crippen molar-refractivity contribution >= 4 is 28.3 Å². The van der Waals surface area contributed by atoms with Gasteiger partial charge in [0, 0.05) is 5.69 Å². The summed E-state index contributed by atoms with van der Waals surface area (Å²) < 4.78 is 0.537. The Balaban J connectivity index is 2.51. The fourth-order valence-electron chi connectivity index (χ4n) is 0.817. The van der Waals surface area contributed by atoms with Crippen LogP contribution in [0.5, 0.6) is 0 Å². The highest BCUT2D eigenvalue weighted by atomic mass is 127. The molecule has 0 aromatic heterocycles. The molecule has 0 aliphatic rings. The number of para-hydroxylation sites is 1. The summed E-state index contributed by atoms with van der Waals surface area (Å²) in [7, 11) is 0. The van der Waals surface area contributed by atoms with Crippen molar-refractivity contribution in [1.29, 1.82) is 0 Å². The predicted octanol–water partition coefficient (Wildman–Crippen LogP) is 3.27. The van der Waals surface area contributed by atoms with Gasteiger partial charge in [0.25, 0.3) is 0 Å². The zero-order valence-electron chi connectivity index (χ0n) is 6.55. The highest BCUT2D eigenvalue weighted by Gasteiger charge is 1.97. The van der Waals surface area contributed by atoms with Gasteiger partial charge in [-0.05, 0) is 18.6 Å². The van der Waals surface area contributed by atoms with E-state index in [4.69, 9.17) is 0 Å². The summed E-state index contributed by atoms with van der Waals surface area (Å²) in [5, 5.41) is 3.38. The maximum atomic E-state index is 3.38. The fourth-order valence-corrected chi connectivity index (χ4v) is 1.18. The summed E-state index contributed by atoms with van der Waals surface area (Å²) in [5.74, 6) is 0. The molecular weight excluding hydrogens is 249 g/mol. The number of hydrogen-bond acceptors (Lipinski definition) is 1. The van der Waals surface area contributed by atoms with Crippen molar-refractivity contribution in [3.63, 3.8) is 0 Å². The lowest BCUT2D eigenvalue weighted by molar-refractivity contribution is 0.950. The maximum Gasteiger partial charge on any atom is 0.0778 e. The van der Waals surface area contributed by atoms with Crippen LogP contribution in [0.4, 0.5) is 5.69 Å². The molecule has 0 heterocycles. The Labute approximate surface area is 81.3 Å². The third-order valence-electron chi connectivity index (χ3n) is 1.46. The van der Waals surface area contributed by atoms with E-state index < -0.39 is 0 Å². The van der Waals surface area contributed by atoms with Crippen molar-refractivity contribution in [2.24, 2.45) is 0 Å². The summed E-state index contributed by atoms with van der Waals surface area (Å²) in [6.45, 7) is 2.17. The number of nitrogens with one attached hydrogen (secondary N) is 1. The van der Waals surface area contributed by atoms with Crippen LogP contribution in [0.3, 0.4) is 0 Å². The van der Waals surface area contributed by atoms with Crippen molar-refractivity contribution in [3.8, 4) is 0 Å². The molecule has 2 heteroatoms. The van der Waals surface area contributed by atoms with Crippen molar-refractivity contribution in [2.45, 2.75) is 17.4 Å². The van der Waals surface area contributed by atoms with Crippen LogP contribution in [0.25, 0.3) is 0 Å². The SMILES string of the molecule is CCC(I)Nc1ccccc1. The van der Waals surface area contributed by atoms with Gasteiger partial charge in [-0.2, -0.15) is 0 Å². The molecule has 0 fully saturated rings. The van der Waals surface area contributed by atoms with Crippen LogP contribution >= 0.6 is 22.6 Å². The molecule has 1 aromatic rings. The first-order chi connectivity index (χ1) is 5.33. The normalized spacial score (nSPS) is 12.5. The van der Waals surface area contributed by atoms with Gasteiger partial charge in [0.1, 0.15) is 0 Å². The average Bonchev–Trinajstić information content (AvgIpc) is 2.06. The molecule has 1 N–H and O–H groups in total.